The number of carboxylic acid groups (broad SMARTS) is 2. The molecule has 3 aromatic rings. The maximum atomic E-state index is 13.3. The number of urea groups is 1. The number of oxime groups is 1. The van der Waals surface area contributed by atoms with Crippen molar-refractivity contribution in [2.24, 2.45) is 10.9 Å². The van der Waals surface area contributed by atoms with E-state index in [1.807, 2.05) is 33.5 Å². The number of thiazole rings is 1. The van der Waals surface area contributed by atoms with Crippen LogP contribution in [0.1, 0.15) is 12.6 Å². The molecule has 0 unspecified atom stereocenters. The van der Waals surface area contributed by atoms with Crippen molar-refractivity contribution in [3.8, 4) is 0 Å². The number of nitrogens with one attached hydrogen (secondary N) is 2. The number of halogens is 1. The van der Waals surface area contributed by atoms with Crippen molar-refractivity contribution in [1.29, 1.82) is 0 Å². The third-order valence-corrected chi connectivity index (χ3v) is 9.48. The number of anilines is 1. The number of nitrogen functional groups attached to an aromatic ring is 1. The summed E-state index contributed by atoms with van der Waals surface area (Å²) in [5.74, 6) is -4.02. The number of thioether (sulfide) groups is 1. The lowest BCUT2D eigenvalue weighted by Gasteiger charge is -2.49. The maximum absolute atomic E-state index is 13.3. The first kappa shape index (κ1) is 32.5. The van der Waals surface area contributed by atoms with Gasteiger partial charge >= 0.3 is 18.0 Å². The van der Waals surface area contributed by atoms with Gasteiger partial charge in [0.2, 0.25) is 11.6 Å². The monoisotopic (exact) mass is 692 g/mol. The highest BCUT2D eigenvalue weighted by molar-refractivity contribution is 8.00. The van der Waals surface area contributed by atoms with Gasteiger partial charge in [-0.2, -0.15) is 4.57 Å². The number of aromatic nitrogens is 3. The van der Waals surface area contributed by atoms with Gasteiger partial charge in [0.05, 0.1) is 0 Å². The Labute approximate surface area is 272 Å². The number of rotatable bonds is 12. The normalized spacial score (nSPS) is 18.5. The van der Waals surface area contributed by atoms with Crippen molar-refractivity contribution in [2.45, 2.75) is 37.5 Å². The van der Waals surface area contributed by atoms with Crippen molar-refractivity contribution in [2.75, 3.05) is 18.0 Å². The fourth-order valence-corrected chi connectivity index (χ4v) is 7.16. The van der Waals surface area contributed by atoms with Crippen molar-refractivity contribution < 1.29 is 43.6 Å². The molecule has 0 radical (unpaired) electrons. The zero-order valence-corrected chi connectivity index (χ0v) is 26.3. The van der Waals surface area contributed by atoms with E-state index in [4.69, 9.17) is 33.0 Å². The highest BCUT2D eigenvalue weighted by Gasteiger charge is 2.55. The molecule has 1 saturated heterocycles. The molecule has 3 atom stereocenters. The predicted octanol–water partition coefficient (Wildman–Crippen LogP) is -0.0782. The van der Waals surface area contributed by atoms with Crippen molar-refractivity contribution in [3.05, 3.63) is 51.9 Å². The Bertz CT molecular complexity index is 1820. The van der Waals surface area contributed by atoms with Crippen LogP contribution in [0.15, 0.2) is 47.0 Å². The zero-order valence-electron chi connectivity index (χ0n) is 23.9. The van der Waals surface area contributed by atoms with E-state index in [-0.39, 0.29) is 33.2 Å². The molecule has 0 saturated carbocycles. The molecule has 0 aliphatic carbocycles. The molecule has 5 rings (SSSR count). The minimum atomic E-state index is -1.42. The van der Waals surface area contributed by atoms with Crippen molar-refractivity contribution in [1.82, 2.24) is 25.1 Å². The number of aliphatic carboxylic acids is 2. The third kappa shape index (κ3) is 6.42. The highest BCUT2D eigenvalue weighted by atomic mass is 35.5. The van der Waals surface area contributed by atoms with Gasteiger partial charge in [-0.05, 0) is 13.0 Å². The fourth-order valence-electron chi connectivity index (χ4n) is 4.90. The summed E-state index contributed by atoms with van der Waals surface area (Å²) in [7, 11) is 0. The van der Waals surface area contributed by atoms with Crippen LogP contribution in [-0.2, 0) is 37.1 Å². The first-order valence-corrected chi connectivity index (χ1v) is 15.7. The van der Waals surface area contributed by atoms with Crippen LogP contribution in [0, 0.1) is 0 Å². The van der Waals surface area contributed by atoms with Gasteiger partial charge in [0.15, 0.2) is 23.6 Å². The van der Waals surface area contributed by atoms with E-state index in [1.165, 1.54) is 18.7 Å². The lowest BCUT2D eigenvalue weighted by Crippen LogP contribution is -2.71. The van der Waals surface area contributed by atoms with E-state index in [9.17, 15) is 29.1 Å². The molecule has 20 heteroatoms. The van der Waals surface area contributed by atoms with Gasteiger partial charge in [0.1, 0.15) is 32.7 Å². The zero-order chi connectivity index (χ0) is 33.3. The number of pyridine rings is 1. The molecule has 8 N–H and O–H groups in total. The van der Waals surface area contributed by atoms with Gasteiger partial charge in [-0.25, -0.2) is 19.4 Å². The van der Waals surface area contributed by atoms with Gasteiger partial charge in [-0.3, -0.25) is 14.5 Å². The number of nitrogens with two attached hydrogens (primary N) is 2. The minimum Gasteiger partial charge on any atom is -0.478 e. The van der Waals surface area contributed by atoms with Crippen LogP contribution in [0.3, 0.4) is 0 Å². The summed E-state index contributed by atoms with van der Waals surface area (Å²) in [5, 5.41) is 27.3. The van der Waals surface area contributed by atoms with E-state index in [1.54, 1.807) is 6.20 Å². The van der Waals surface area contributed by atoms with Crippen LogP contribution in [0.2, 0.25) is 4.34 Å². The standard InChI is InChI=1S/C26H26ClN9O8S2/c1-11(23(39)40)44-33-16(15-19(27)46-26(29)32-15)20(37)31-17-21(38)36-18(24(41)42)12(10-45-22(17)36)9-35-6-2-3-13-14(35)4-7-34(13)8-5-30-25(28)43/h2-4,6-7,11,17,22H,5,8-10H2,1H3,(H7-,28,29,30,31,32,37,39,40,41,42,43)/p+1/b33-16-/t11-,17+,22+/m0/s1. The van der Waals surface area contributed by atoms with Gasteiger partial charge in [0, 0.05) is 42.7 Å². The molecule has 46 heavy (non-hydrogen) atoms. The third-order valence-electron chi connectivity index (χ3n) is 7.05. The number of primary amides is 1. The van der Waals surface area contributed by atoms with E-state index in [2.05, 4.69) is 20.8 Å². The summed E-state index contributed by atoms with van der Waals surface area (Å²) >= 11 is 8.28. The van der Waals surface area contributed by atoms with Gasteiger partial charge in [-0.1, -0.05) is 28.1 Å². The number of nitrogens with zero attached hydrogens (tertiary/aromatic N) is 5. The summed E-state index contributed by atoms with van der Waals surface area (Å²) in [6, 6.07) is 3.80. The highest BCUT2D eigenvalue weighted by Crippen LogP contribution is 2.40. The van der Waals surface area contributed by atoms with Crippen LogP contribution in [0.25, 0.3) is 11.0 Å². The quantitative estimate of drug-likeness (QED) is 0.0634. The summed E-state index contributed by atoms with van der Waals surface area (Å²) in [5.41, 5.74) is 12.1. The average Bonchev–Trinajstić information content (AvgIpc) is 3.57. The molecule has 4 amide bonds. The summed E-state index contributed by atoms with van der Waals surface area (Å²) in [4.78, 5) is 71.4. The summed E-state index contributed by atoms with van der Waals surface area (Å²) < 4.78 is 3.77. The lowest BCUT2D eigenvalue weighted by atomic mass is 10.0. The number of carbonyl (C=O) groups is 5. The Morgan fingerprint density at radius 1 is 1.30 bits per heavy atom. The Kier molecular flexibility index (Phi) is 9.35. The summed E-state index contributed by atoms with van der Waals surface area (Å²) in [6.07, 6.45) is 2.21. The molecule has 5 heterocycles. The van der Waals surface area contributed by atoms with Crippen LogP contribution >= 0.6 is 34.7 Å². The second-order valence-corrected chi connectivity index (χ2v) is 12.8. The smallest absolute Gasteiger partial charge is 0.352 e. The van der Waals surface area contributed by atoms with Crippen LogP contribution < -0.4 is 26.7 Å². The number of fused-ring (bicyclic) bond motifs is 2. The fraction of sp³-hybridized carbons (Fsp3) is 0.308. The van der Waals surface area contributed by atoms with E-state index >= 15 is 0 Å². The maximum Gasteiger partial charge on any atom is 0.352 e. The average molecular weight is 693 g/mol. The molecule has 3 aromatic heterocycles. The molecule has 0 bridgehead atoms. The lowest BCUT2D eigenvalue weighted by molar-refractivity contribution is -0.663. The Morgan fingerprint density at radius 2 is 2.07 bits per heavy atom. The van der Waals surface area contributed by atoms with Crippen molar-refractivity contribution >= 4 is 86.4 Å². The molecular formula is C26H27ClN9O8S2+. The molecule has 2 aliphatic heterocycles. The topological polar surface area (TPSA) is 248 Å². The number of hydrogen-bond acceptors (Lipinski definition) is 11. The van der Waals surface area contributed by atoms with Crippen LogP contribution in [0.5, 0.6) is 0 Å². The van der Waals surface area contributed by atoms with E-state index in [0.717, 1.165) is 27.3 Å². The number of carbonyl (C=O) groups excluding carboxylic acids is 3. The second-order valence-electron chi connectivity index (χ2n) is 10.0. The molecule has 0 aromatic carbocycles. The Morgan fingerprint density at radius 3 is 2.72 bits per heavy atom. The minimum absolute atomic E-state index is 0.00880. The molecule has 0 spiro atoms. The molecule has 242 valence electrons. The Balaban J connectivity index is 1.36. The predicted molar refractivity (Wildman–Crippen MR) is 166 cm³/mol. The first-order valence-electron chi connectivity index (χ1n) is 13.5. The van der Waals surface area contributed by atoms with Crippen LogP contribution in [-0.4, -0.2) is 90.0 Å². The molecule has 2 aliphatic rings. The number of hydrogen-bond donors (Lipinski definition) is 6. The van der Waals surface area contributed by atoms with Gasteiger partial charge in [0.25, 0.3) is 11.8 Å². The van der Waals surface area contributed by atoms with Crippen LogP contribution in [0.4, 0.5) is 9.93 Å². The second kappa shape index (κ2) is 13.2. The molecule has 17 nitrogen and oxygen atoms in total. The van der Waals surface area contributed by atoms with E-state index in [0.29, 0.717) is 18.7 Å². The molecule has 1 fully saturated rings. The largest absolute Gasteiger partial charge is 0.478 e. The number of carboxylic acids is 2. The van der Waals surface area contributed by atoms with Gasteiger partial charge < -0.3 is 41.7 Å². The van der Waals surface area contributed by atoms with E-state index < -0.39 is 53.0 Å². The SMILES string of the molecule is C[C@H](O/N=C(\C(=O)N[C@@H]1C(=O)N2C(C(=O)O)=C(C[n+]3cccc4c3ccn4CCNC(N)=O)CS[C@H]12)c1nc(N)sc1Cl)C(=O)O. The van der Waals surface area contributed by atoms with Gasteiger partial charge in [-0.15, -0.1) is 11.8 Å². The molecular weight excluding hydrogens is 666 g/mol. The van der Waals surface area contributed by atoms with Crippen molar-refractivity contribution in [3.63, 3.8) is 0 Å². The summed E-state index contributed by atoms with van der Waals surface area (Å²) in [6.45, 7) is 2.15. The Hall–Kier alpha value is -4.88. The number of β-lactam (4-membered cyclic amide) rings is 1. The first-order chi connectivity index (χ1) is 21.9. The number of amides is 4.